The summed E-state index contributed by atoms with van der Waals surface area (Å²) in [6.45, 7) is 3.67. The zero-order valence-corrected chi connectivity index (χ0v) is 9.50. The van der Waals surface area contributed by atoms with Gasteiger partial charge in [0.1, 0.15) is 0 Å². The van der Waals surface area contributed by atoms with Gasteiger partial charge in [-0.2, -0.15) is 5.10 Å². The van der Waals surface area contributed by atoms with Gasteiger partial charge in [-0.1, -0.05) is 12.1 Å². The fourth-order valence-electron chi connectivity index (χ4n) is 1.48. The van der Waals surface area contributed by atoms with Gasteiger partial charge in [-0.25, -0.2) is 0 Å². The lowest BCUT2D eigenvalue weighted by Crippen LogP contribution is -2.41. The van der Waals surface area contributed by atoms with Gasteiger partial charge in [0.15, 0.2) is 5.84 Å². The SMILES string of the molecule is CCC(NCCCn1cccn1)/C(N)=N/O. The van der Waals surface area contributed by atoms with E-state index in [4.69, 9.17) is 10.9 Å². The number of nitrogens with one attached hydrogen (secondary N) is 1. The molecule has 0 radical (unpaired) electrons. The summed E-state index contributed by atoms with van der Waals surface area (Å²) in [7, 11) is 0. The van der Waals surface area contributed by atoms with E-state index in [2.05, 4.69) is 15.6 Å². The van der Waals surface area contributed by atoms with Crippen LogP contribution >= 0.6 is 0 Å². The normalized spacial score (nSPS) is 13.9. The Morgan fingerprint density at radius 2 is 2.50 bits per heavy atom. The Kier molecular flexibility index (Phi) is 5.35. The second-order valence-corrected chi connectivity index (χ2v) is 3.56. The molecule has 0 aliphatic carbocycles. The van der Waals surface area contributed by atoms with E-state index in [9.17, 15) is 0 Å². The molecule has 1 aromatic heterocycles. The van der Waals surface area contributed by atoms with Gasteiger partial charge in [-0.05, 0) is 25.5 Å². The van der Waals surface area contributed by atoms with Gasteiger partial charge >= 0.3 is 0 Å². The average Bonchev–Trinajstić information content (AvgIpc) is 2.81. The first-order valence-electron chi connectivity index (χ1n) is 5.46. The molecule has 1 unspecified atom stereocenters. The van der Waals surface area contributed by atoms with Gasteiger partial charge < -0.3 is 16.3 Å². The maximum atomic E-state index is 8.55. The summed E-state index contributed by atoms with van der Waals surface area (Å²) >= 11 is 0. The Morgan fingerprint density at radius 1 is 1.69 bits per heavy atom. The maximum Gasteiger partial charge on any atom is 0.156 e. The topological polar surface area (TPSA) is 88.5 Å². The molecule has 1 aromatic rings. The van der Waals surface area contributed by atoms with Gasteiger partial charge in [0.25, 0.3) is 0 Å². The van der Waals surface area contributed by atoms with Crippen molar-refractivity contribution in [3.8, 4) is 0 Å². The van der Waals surface area contributed by atoms with Crippen LogP contribution < -0.4 is 11.1 Å². The zero-order valence-electron chi connectivity index (χ0n) is 9.50. The van der Waals surface area contributed by atoms with E-state index in [1.165, 1.54) is 0 Å². The van der Waals surface area contributed by atoms with E-state index >= 15 is 0 Å². The predicted octanol–water partition coefficient (Wildman–Crippen LogP) is 0.388. The summed E-state index contributed by atoms with van der Waals surface area (Å²) in [5, 5.41) is 18.9. The molecule has 0 aromatic carbocycles. The number of nitrogens with two attached hydrogens (primary N) is 1. The van der Waals surface area contributed by atoms with Crippen molar-refractivity contribution < 1.29 is 5.21 Å². The van der Waals surface area contributed by atoms with Crippen LogP contribution in [0.15, 0.2) is 23.6 Å². The standard InChI is InChI=1S/C10H19N5O/c1-2-9(10(11)14-16)12-5-3-7-15-8-4-6-13-15/h4,6,8-9,12,16H,2-3,5,7H2,1H3,(H2,11,14). The fourth-order valence-corrected chi connectivity index (χ4v) is 1.48. The fraction of sp³-hybridized carbons (Fsp3) is 0.600. The quantitative estimate of drug-likeness (QED) is 0.206. The highest BCUT2D eigenvalue weighted by Gasteiger charge is 2.09. The molecule has 0 bridgehead atoms. The van der Waals surface area contributed by atoms with Crippen LogP contribution in [0.25, 0.3) is 0 Å². The molecule has 0 aliphatic heterocycles. The van der Waals surface area contributed by atoms with Crippen molar-refractivity contribution in [2.75, 3.05) is 6.54 Å². The van der Waals surface area contributed by atoms with Gasteiger partial charge in [-0.15, -0.1) is 0 Å². The molecule has 16 heavy (non-hydrogen) atoms. The molecule has 0 amide bonds. The zero-order chi connectivity index (χ0) is 11.8. The van der Waals surface area contributed by atoms with Crippen molar-refractivity contribution in [2.24, 2.45) is 10.9 Å². The number of aryl methyl sites for hydroxylation is 1. The molecular formula is C10H19N5O. The minimum absolute atomic E-state index is 0.0531. The lowest BCUT2D eigenvalue weighted by atomic mass is 10.2. The number of hydrogen-bond donors (Lipinski definition) is 3. The van der Waals surface area contributed by atoms with Crippen LogP contribution in [0.4, 0.5) is 0 Å². The van der Waals surface area contributed by atoms with Gasteiger partial charge in [-0.3, -0.25) is 4.68 Å². The van der Waals surface area contributed by atoms with Crippen LogP contribution in [-0.2, 0) is 6.54 Å². The largest absolute Gasteiger partial charge is 0.409 e. The first-order chi connectivity index (χ1) is 7.77. The molecule has 0 saturated carbocycles. The second-order valence-electron chi connectivity index (χ2n) is 3.56. The molecule has 4 N–H and O–H groups in total. The Labute approximate surface area is 95.1 Å². The number of nitrogens with zero attached hydrogens (tertiary/aromatic N) is 3. The van der Waals surface area contributed by atoms with Crippen molar-refractivity contribution in [2.45, 2.75) is 32.4 Å². The van der Waals surface area contributed by atoms with E-state index in [1.54, 1.807) is 6.20 Å². The summed E-state index contributed by atoms with van der Waals surface area (Å²) in [6.07, 6.45) is 5.45. The van der Waals surface area contributed by atoms with Crippen LogP contribution in [0, 0.1) is 0 Å². The number of aromatic nitrogens is 2. The third-order valence-corrected chi connectivity index (χ3v) is 2.39. The molecule has 6 nitrogen and oxygen atoms in total. The molecule has 0 fully saturated rings. The Bertz CT molecular complexity index is 309. The third-order valence-electron chi connectivity index (χ3n) is 2.39. The summed E-state index contributed by atoms with van der Waals surface area (Å²) in [4.78, 5) is 0. The van der Waals surface area contributed by atoms with E-state index < -0.39 is 0 Å². The highest BCUT2D eigenvalue weighted by Crippen LogP contribution is 1.93. The van der Waals surface area contributed by atoms with Crippen molar-refractivity contribution in [1.82, 2.24) is 15.1 Å². The number of hydrogen-bond acceptors (Lipinski definition) is 4. The average molecular weight is 225 g/mol. The van der Waals surface area contributed by atoms with Gasteiger partial charge in [0, 0.05) is 18.9 Å². The minimum Gasteiger partial charge on any atom is -0.409 e. The van der Waals surface area contributed by atoms with E-state index in [0.29, 0.717) is 0 Å². The van der Waals surface area contributed by atoms with E-state index in [1.807, 2.05) is 23.9 Å². The second kappa shape index (κ2) is 6.84. The number of amidine groups is 1. The first kappa shape index (κ1) is 12.5. The Morgan fingerprint density at radius 3 is 3.06 bits per heavy atom. The smallest absolute Gasteiger partial charge is 0.156 e. The third kappa shape index (κ3) is 3.90. The van der Waals surface area contributed by atoms with Crippen LogP contribution in [0.2, 0.25) is 0 Å². The summed E-state index contributed by atoms with van der Waals surface area (Å²) < 4.78 is 1.88. The van der Waals surface area contributed by atoms with Gasteiger partial charge in [0.05, 0.1) is 6.04 Å². The van der Waals surface area contributed by atoms with Crippen molar-refractivity contribution in [3.05, 3.63) is 18.5 Å². The van der Waals surface area contributed by atoms with Crippen LogP contribution in [0.5, 0.6) is 0 Å². The molecule has 0 spiro atoms. The summed E-state index contributed by atoms with van der Waals surface area (Å²) in [5.74, 6) is 0.238. The number of rotatable bonds is 7. The van der Waals surface area contributed by atoms with E-state index in [0.717, 1.165) is 25.9 Å². The molecule has 1 rings (SSSR count). The van der Waals surface area contributed by atoms with Crippen LogP contribution in [0.3, 0.4) is 0 Å². The van der Waals surface area contributed by atoms with Crippen molar-refractivity contribution in [1.29, 1.82) is 0 Å². The van der Waals surface area contributed by atoms with Crippen LogP contribution in [0.1, 0.15) is 19.8 Å². The Balaban J connectivity index is 2.19. The van der Waals surface area contributed by atoms with E-state index in [-0.39, 0.29) is 11.9 Å². The molecule has 1 heterocycles. The number of oxime groups is 1. The van der Waals surface area contributed by atoms with Crippen molar-refractivity contribution in [3.63, 3.8) is 0 Å². The van der Waals surface area contributed by atoms with Crippen LogP contribution in [-0.4, -0.2) is 33.4 Å². The molecule has 1 atom stereocenters. The maximum absolute atomic E-state index is 8.55. The predicted molar refractivity (Wildman–Crippen MR) is 62.3 cm³/mol. The summed E-state index contributed by atoms with van der Waals surface area (Å²) in [6, 6.07) is 1.85. The highest BCUT2D eigenvalue weighted by molar-refractivity contribution is 5.85. The molecule has 0 saturated heterocycles. The summed E-state index contributed by atoms with van der Waals surface area (Å²) in [5.41, 5.74) is 5.52. The molecular weight excluding hydrogens is 206 g/mol. The Hall–Kier alpha value is -1.56. The lowest BCUT2D eigenvalue weighted by molar-refractivity contribution is 0.314. The monoisotopic (exact) mass is 225 g/mol. The minimum atomic E-state index is -0.0531. The first-order valence-corrected chi connectivity index (χ1v) is 5.46. The molecule has 0 aliphatic rings. The highest BCUT2D eigenvalue weighted by atomic mass is 16.4. The molecule has 6 heteroatoms. The molecule has 90 valence electrons. The van der Waals surface area contributed by atoms with Gasteiger partial charge in [0.2, 0.25) is 0 Å². The lowest BCUT2D eigenvalue weighted by Gasteiger charge is -2.14. The van der Waals surface area contributed by atoms with Crippen molar-refractivity contribution >= 4 is 5.84 Å².